The molecule has 0 aliphatic carbocycles. The van der Waals surface area contributed by atoms with Crippen LogP contribution >= 0.6 is 11.8 Å². The highest BCUT2D eigenvalue weighted by Crippen LogP contribution is 2.40. The number of alkyl halides is 3. The predicted octanol–water partition coefficient (Wildman–Crippen LogP) is 4.29. The predicted molar refractivity (Wildman–Crippen MR) is 85.0 cm³/mol. The van der Waals surface area contributed by atoms with Crippen LogP contribution in [0.2, 0.25) is 0 Å². The Hall–Kier alpha value is -0.720. The van der Waals surface area contributed by atoms with Crippen molar-refractivity contribution in [1.29, 1.82) is 0 Å². The molecule has 0 saturated carbocycles. The maximum atomic E-state index is 12.4. The Morgan fingerprint density at radius 3 is 2.05 bits per heavy atom. The van der Waals surface area contributed by atoms with E-state index in [9.17, 15) is 13.2 Å². The average Bonchev–Trinajstić information content (AvgIpc) is 2.39. The fraction of sp³-hybridized carbons (Fsp3) is 0.625. The monoisotopic (exact) mass is 332 g/mol. The third-order valence-electron chi connectivity index (χ3n) is 3.77. The summed E-state index contributed by atoms with van der Waals surface area (Å²) in [5.74, 6) is 0. The van der Waals surface area contributed by atoms with Crippen molar-refractivity contribution in [2.45, 2.75) is 37.2 Å². The van der Waals surface area contributed by atoms with Crippen LogP contribution in [0.25, 0.3) is 0 Å². The number of benzene rings is 1. The smallest absolute Gasteiger partial charge is 0.314 e. The molecule has 124 valence electrons. The zero-order valence-electron chi connectivity index (χ0n) is 13.2. The number of halogens is 3. The van der Waals surface area contributed by atoms with Gasteiger partial charge in [0, 0.05) is 37.1 Å². The van der Waals surface area contributed by atoms with E-state index in [4.69, 9.17) is 0 Å². The number of piperazine rings is 1. The highest BCUT2D eigenvalue weighted by Gasteiger charge is 2.33. The van der Waals surface area contributed by atoms with Crippen molar-refractivity contribution in [1.82, 2.24) is 10.2 Å². The highest BCUT2D eigenvalue weighted by atomic mass is 32.2. The molecule has 0 amide bonds. The summed E-state index contributed by atoms with van der Waals surface area (Å²) in [7, 11) is 0. The first kappa shape index (κ1) is 17.6. The lowest BCUT2D eigenvalue weighted by Crippen LogP contribution is -2.48. The zero-order valence-corrected chi connectivity index (χ0v) is 14.0. The van der Waals surface area contributed by atoms with Gasteiger partial charge in [-0.2, -0.15) is 13.2 Å². The standard InChI is InChI=1S/C16H23F3N2S/c1-15(2,3)14(21-10-8-20-9-11-21)12-4-6-13(7-5-12)22-16(17,18)19/h4-7,14,20H,8-11H2,1-3H3/t14-/m1/s1. The molecule has 1 saturated heterocycles. The summed E-state index contributed by atoms with van der Waals surface area (Å²) < 4.78 is 37.3. The number of thioether (sulfide) groups is 1. The van der Waals surface area contributed by atoms with Crippen molar-refractivity contribution in [3.63, 3.8) is 0 Å². The van der Waals surface area contributed by atoms with E-state index in [0.717, 1.165) is 31.7 Å². The van der Waals surface area contributed by atoms with Crippen LogP contribution in [0.1, 0.15) is 32.4 Å². The Morgan fingerprint density at radius 2 is 1.59 bits per heavy atom. The van der Waals surface area contributed by atoms with E-state index in [0.29, 0.717) is 0 Å². The number of nitrogens with one attached hydrogen (secondary N) is 1. The molecular formula is C16H23F3N2S. The third kappa shape index (κ3) is 4.89. The molecule has 6 heteroatoms. The minimum Gasteiger partial charge on any atom is -0.314 e. The molecule has 1 aromatic carbocycles. The van der Waals surface area contributed by atoms with Crippen molar-refractivity contribution in [3.8, 4) is 0 Å². The van der Waals surface area contributed by atoms with E-state index < -0.39 is 5.51 Å². The first-order chi connectivity index (χ1) is 10.2. The lowest BCUT2D eigenvalue weighted by Gasteiger charge is -2.42. The van der Waals surface area contributed by atoms with E-state index in [1.54, 1.807) is 12.1 Å². The molecule has 1 aliphatic rings. The summed E-state index contributed by atoms with van der Waals surface area (Å²) in [6.45, 7) is 10.4. The normalized spacial score (nSPS) is 19.2. The van der Waals surface area contributed by atoms with E-state index in [1.165, 1.54) is 0 Å². The maximum Gasteiger partial charge on any atom is 0.446 e. The van der Waals surface area contributed by atoms with Crippen LogP contribution < -0.4 is 5.32 Å². The summed E-state index contributed by atoms with van der Waals surface area (Å²) in [5.41, 5.74) is -3.12. The van der Waals surface area contributed by atoms with Crippen LogP contribution in [-0.4, -0.2) is 36.6 Å². The summed E-state index contributed by atoms with van der Waals surface area (Å²) in [6, 6.07) is 7.04. The molecule has 0 aromatic heterocycles. The van der Waals surface area contributed by atoms with Gasteiger partial charge in [-0.05, 0) is 34.9 Å². The molecule has 2 nitrogen and oxygen atoms in total. The summed E-state index contributed by atoms with van der Waals surface area (Å²) >= 11 is -0.0594. The van der Waals surface area contributed by atoms with Crippen LogP contribution in [0.3, 0.4) is 0 Å². The zero-order chi connectivity index (χ0) is 16.4. The summed E-state index contributed by atoms with van der Waals surface area (Å²) in [4.78, 5) is 2.66. The van der Waals surface area contributed by atoms with Crippen molar-refractivity contribution in [3.05, 3.63) is 29.8 Å². The molecule has 0 radical (unpaired) electrons. The molecule has 0 spiro atoms. The number of hydrogen-bond donors (Lipinski definition) is 1. The van der Waals surface area contributed by atoms with Crippen molar-refractivity contribution < 1.29 is 13.2 Å². The summed E-state index contributed by atoms with van der Waals surface area (Å²) in [5, 5.41) is 3.34. The number of rotatable bonds is 3. The topological polar surface area (TPSA) is 15.3 Å². The number of nitrogens with zero attached hydrogens (tertiary/aromatic N) is 1. The SMILES string of the molecule is CC(C)(C)[C@@H](c1ccc(SC(F)(F)F)cc1)N1CCNCC1. The Labute approximate surface area is 134 Å². The summed E-state index contributed by atoms with van der Waals surface area (Å²) in [6.07, 6.45) is 0. The molecule has 1 aliphatic heterocycles. The minimum absolute atomic E-state index is 0.0238. The van der Waals surface area contributed by atoms with Crippen LogP contribution in [0, 0.1) is 5.41 Å². The molecule has 1 fully saturated rings. The van der Waals surface area contributed by atoms with Gasteiger partial charge in [-0.25, -0.2) is 0 Å². The van der Waals surface area contributed by atoms with Crippen molar-refractivity contribution >= 4 is 11.8 Å². The van der Waals surface area contributed by atoms with Crippen LogP contribution in [-0.2, 0) is 0 Å². The molecule has 1 N–H and O–H groups in total. The van der Waals surface area contributed by atoms with Crippen molar-refractivity contribution in [2.75, 3.05) is 26.2 Å². The fourth-order valence-electron chi connectivity index (χ4n) is 3.05. The van der Waals surface area contributed by atoms with Crippen LogP contribution in [0.4, 0.5) is 13.2 Å². The van der Waals surface area contributed by atoms with Crippen LogP contribution in [0.5, 0.6) is 0 Å². The van der Waals surface area contributed by atoms with E-state index in [-0.39, 0.29) is 28.1 Å². The van der Waals surface area contributed by atoms with Gasteiger partial charge in [0.15, 0.2) is 0 Å². The molecule has 0 bridgehead atoms. The maximum absolute atomic E-state index is 12.4. The molecule has 1 heterocycles. The van der Waals surface area contributed by atoms with Crippen LogP contribution in [0.15, 0.2) is 29.2 Å². The Kier molecular flexibility index (Phi) is 5.45. The van der Waals surface area contributed by atoms with E-state index in [1.807, 2.05) is 12.1 Å². The van der Waals surface area contributed by atoms with Gasteiger partial charge in [0.1, 0.15) is 0 Å². The van der Waals surface area contributed by atoms with Gasteiger partial charge in [-0.1, -0.05) is 32.9 Å². The van der Waals surface area contributed by atoms with E-state index in [2.05, 4.69) is 31.0 Å². The molecule has 1 aromatic rings. The molecule has 1 atom stereocenters. The first-order valence-electron chi connectivity index (χ1n) is 7.47. The van der Waals surface area contributed by atoms with Gasteiger partial charge >= 0.3 is 5.51 Å². The van der Waals surface area contributed by atoms with Gasteiger partial charge < -0.3 is 5.32 Å². The largest absolute Gasteiger partial charge is 0.446 e. The average molecular weight is 332 g/mol. The van der Waals surface area contributed by atoms with Gasteiger partial charge in [0.05, 0.1) is 0 Å². The Balaban J connectivity index is 2.20. The van der Waals surface area contributed by atoms with Gasteiger partial charge in [0.2, 0.25) is 0 Å². The second-order valence-electron chi connectivity index (χ2n) is 6.67. The van der Waals surface area contributed by atoms with E-state index >= 15 is 0 Å². The number of hydrogen-bond acceptors (Lipinski definition) is 3. The second kappa shape index (κ2) is 6.81. The minimum atomic E-state index is -4.23. The Morgan fingerprint density at radius 1 is 1.05 bits per heavy atom. The van der Waals surface area contributed by atoms with Gasteiger partial charge in [-0.15, -0.1) is 0 Å². The lowest BCUT2D eigenvalue weighted by molar-refractivity contribution is -0.0328. The lowest BCUT2D eigenvalue weighted by atomic mass is 9.81. The van der Waals surface area contributed by atoms with Gasteiger partial charge in [0.25, 0.3) is 0 Å². The third-order valence-corrected chi connectivity index (χ3v) is 4.51. The van der Waals surface area contributed by atoms with Gasteiger partial charge in [-0.3, -0.25) is 4.90 Å². The highest BCUT2D eigenvalue weighted by molar-refractivity contribution is 8.00. The Bertz CT molecular complexity index is 474. The molecule has 0 unspecified atom stereocenters. The molecular weight excluding hydrogens is 309 g/mol. The quantitative estimate of drug-likeness (QED) is 0.831. The molecule has 22 heavy (non-hydrogen) atoms. The first-order valence-corrected chi connectivity index (χ1v) is 8.29. The second-order valence-corrected chi connectivity index (χ2v) is 7.81. The molecule has 2 rings (SSSR count). The van der Waals surface area contributed by atoms with Crippen molar-refractivity contribution in [2.24, 2.45) is 5.41 Å². The fourth-order valence-corrected chi connectivity index (χ4v) is 3.59.